The van der Waals surface area contributed by atoms with Crippen molar-refractivity contribution in [3.05, 3.63) is 59.2 Å². The lowest BCUT2D eigenvalue weighted by molar-refractivity contribution is -0.124. The predicted octanol–water partition coefficient (Wildman–Crippen LogP) is 1.83. The van der Waals surface area contributed by atoms with Crippen LogP contribution in [0.2, 0.25) is 0 Å². The zero-order valence-electron chi connectivity index (χ0n) is 12.4. The number of ketones is 1. The van der Waals surface area contributed by atoms with Crippen molar-refractivity contribution in [3.8, 4) is 0 Å². The fourth-order valence-corrected chi connectivity index (χ4v) is 1.81. The zero-order valence-corrected chi connectivity index (χ0v) is 12.4. The number of hydrogen-bond donors (Lipinski definition) is 2. The summed E-state index contributed by atoms with van der Waals surface area (Å²) in [5.41, 5.74) is 0.765. The van der Waals surface area contributed by atoms with Crippen molar-refractivity contribution in [2.45, 2.75) is 13.5 Å². The van der Waals surface area contributed by atoms with E-state index in [4.69, 9.17) is 4.74 Å². The molecule has 2 N–H and O–H groups in total. The van der Waals surface area contributed by atoms with Crippen LogP contribution in [-0.2, 0) is 16.1 Å². The second-order valence-corrected chi connectivity index (χ2v) is 4.80. The van der Waals surface area contributed by atoms with Gasteiger partial charge in [-0.1, -0.05) is 18.2 Å². The topological polar surface area (TPSA) is 88.3 Å². The molecular formula is C16H15FN2O4. The summed E-state index contributed by atoms with van der Waals surface area (Å²) in [4.78, 5) is 37.0. The number of carbonyl (C=O) groups is 3. The molecule has 1 amide bonds. The summed E-state index contributed by atoms with van der Waals surface area (Å²) in [5, 5.41) is 2.45. The molecule has 0 radical (unpaired) electrons. The second kappa shape index (κ2) is 7.35. The normalized spacial score (nSPS) is 10.2. The molecule has 2 rings (SSSR count). The third-order valence-corrected chi connectivity index (χ3v) is 3.08. The van der Waals surface area contributed by atoms with Crippen molar-refractivity contribution in [1.82, 2.24) is 10.3 Å². The molecule has 0 unspecified atom stereocenters. The number of nitrogens with one attached hydrogen (secondary N) is 2. The molecule has 0 saturated carbocycles. The van der Waals surface area contributed by atoms with Crippen LogP contribution in [0.25, 0.3) is 0 Å². The van der Waals surface area contributed by atoms with Crippen LogP contribution >= 0.6 is 0 Å². The van der Waals surface area contributed by atoms with E-state index < -0.39 is 24.3 Å². The number of halogens is 1. The van der Waals surface area contributed by atoms with E-state index in [0.717, 1.165) is 0 Å². The maximum atomic E-state index is 13.4. The Morgan fingerprint density at radius 2 is 2.00 bits per heavy atom. The molecule has 0 spiro atoms. The molecule has 120 valence electrons. The summed E-state index contributed by atoms with van der Waals surface area (Å²) < 4.78 is 18.2. The highest BCUT2D eigenvalue weighted by molar-refractivity contribution is 5.97. The fraction of sp³-hybridized carbons (Fsp3) is 0.188. The third-order valence-electron chi connectivity index (χ3n) is 3.08. The highest BCUT2D eigenvalue weighted by atomic mass is 19.1. The maximum absolute atomic E-state index is 13.4. The van der Waals surface area contributed by atoms with Gasteiger partial charge in [-0.05, 0) is 19.1 Å². The van der Waals surface area contributed by atoms with Crippen LogP contribution < -0.4 is 5.32 Å². The number of carbonyl (C=O) groups excluding carboxylic acids is 3. The highest BCUT2D eigenvalue weighted by Gasteiger charge is 2.14. The lowest BCUT2D eigenvalue weighted by atomic mass is 10.2. The lowest BCUT2D eigenvalue weighted by Gasteiger charge is -2.06. The number of amides is 1. The van der Waals surface area contributed by atoms with E-state index in [2.05, 4.69) is 10.3 Å². The Morgan fingerprint density at radius 1 is 1.26 bits per heavy atom. The van der Waals surface area contributed by atoms with Gasteiger partial charge in [0.2, 0.25) is 0 Å². The summed E-state index contributed by atoms with van der Waals surface area (Å²) in [7, 11) is 0. The van der Waals surface area contributed by atoms with Gasteiger partial charge in [-0.2, -0.15) is 0 Å². The van der Waals surface area contributed by atoms with Crippen LogP contribution in [0.1, 0.15) is 33.3 Å². The summed E-state index contributed by atoms with van der Waals surface area (Å²) in [6.45, 7) is 0.871. The summed E-state index contributed by atoms with van der Waals surface area (Å²) in [6, 6.07) is 7.39. The van der Waals surface area contributed by atoms with Crippen molar-refractivity contribution in [2.24, 2.45) is 0 Å². The van der Waals surface area contributed by atoms with Gasteiger partial charge in [-0.3, -0.25) is 9.59 Å². The molecule has 0 bridgehead atoms. The van der Waals surface area contributed by atoms with E-state index in [1.165, 1.54) is 25.3 Å². The van der Waals surface area contributed by atoms with Crippen LogP contribution in [0.4, 0.5) is 4.39 Å². The van der Waals surface area contributed by atoms with Gasteiger partial charge < -0.3 is 15.0 Å². The molecule has 1 aromatic carbocycles. The van der Waals surface area contributed by atoms with Crippen molar-refractivity contribution in [3.63, 3.8) is 0 Å². The minimum Gasteiger partial charge on any atom is -0.451 e. The Labute approximate surface area is 131 Å². The van der Waals surface area contributed by atoms with Crippen LogP contribution in [0.15, 0.2) is 36.5 Å². The molecule has 6 nitrogen and oxygen atoms in total. The molecular weight excluding hydrogens is 303 g/mol. The Morgan fingerprint density at radius 3 is 2.65 bits per heavy atom. The van der Waals surface area contributed by atoms with Crippen molar-refractivity contribution in [1.29, 1.82) is 0 Å². The van der Waals surface area contributed by atoms with Gasteiger partial charge in [-0.15, -0.1) is 0 Å². The number of aromatic nitrogens is 1. The molecule has 0 aliphatic heterocycles. The van der Waals surface area contributed by atoms with Crippen molar-refractivity contribution >= 4 is 17.7 Å². The zero-order chi connectivity index (χ0) is 16.8. The van der Waals surface area contributed by atoms with Gasteiger partial charge in [0.1, 0.15) is 11.5 Å². The van der Waals surface area contributed by atoms with E-state index in [9.17, 15) is 18.8 Å². The van der Waals surface area contributed by atoms with E-state index in [1.807, 2.05) is 0 Å². The standard InChI is InChI=1S/C16H15FN2O4/c1-10(20)12-6-14(18-8-12)16(22)23-9-15(21)19-7-11-4-2-3-5-13(11)17/h2-6,8,18H,7,9H2,1H3,(H,19,21). The Kier molecular flexibility index (Phi) is 5.24. The van der Waals surface area contributed by atoms with Gasteiger partial charge in [0.25, 0.3) is 5.91 Å². The maximum Gasteiger partial charge on any atom is 0.355 e. The molecule has 23 heavy (non-hydrogen) atoms. The largest absolute Gasteiger partial charge is 0.451 e. The average molecular weight is 318 g/mol. The number of esters is 1. The number of hydrogen-bond acceptors (Lipinski definition) is 4. The quantitative estimate of drug-likeness (QED) is 0.628. The van der Waals surface area contributed by atoms with E-state index in [-0.39, 0.29) is 18.0 Å². The highest BCUT2D eigenvalue weighted by Crippen LogP contribution is 2.07. The van der Waals surface area contributed by atoms with Gasteiger partial charge in [0.05, 0.1) is 0 Å². The first-order valence-corrected chi connectivity index (χ1v) is 6.84. The molecule has 2 aromatic rings. The van der Waals surface area contributed by atoms with Crippen LogP contribution in [-0.4, -0.2) is 29.3 Å². The number of aromatic amines is 1. The monoisotopic (exact) mass is 318 g/mol. The van der Waals surface area contributed by atoms with Crippen LogP contribution in [0.5, 0.6) is 0 Å². The van der Waals surface area contributed by atoms with E-state index in [1.54, 1.807) is 18.2 Å². The molecule has 0 aliphatic carbocycles. The SMILES string of the molecule is CC(=O)c1c[nH]c(C(=O)OCC(=O)NCc2ccccc2F)c1. The van der Waals surface area contributed by atoms with Gasteiger partial charge in [0.15, 0.2) is 12.4 Å². The van der Waals surface area contributed by atoms with E-state index >= 15 is 0 Å². The first-order chi connectivity index (χ1) is 11.0. The van der Waals surface area contributed by atoms with Crippen LogP contribution in [0, 0.1) is 5.82 Å². The predicted molar refractivity (Wildman–Crippen MR) is 79.3 cm³/mol. The van der Waals surface area contributed by atoms with Crippen molar-refractivity contribution < 1.29 is 23.5 Å². The van der Waals surface area contributed by atoms with Gasteiger partial charge in [-0.25, -0.2) is 9.18 Å². The number of Topliss-reactive ketones (excluding diaryl/α,β-unsaturated/α-hetero) is 1. The smallest absolute Gasteiger partial charge is 0.355 e. The third kappa shape index (κ3) is 4.50. The number of H-pyrrole nitrogens is 1. The Hall–Kier alpha value is -2.96. The molecule has 1 aromatic heterocycles. The molecule has 1 heterocycles. The minimum atomic E-state index is -0.751. The lowest BCUT2D eigenvalue weighted by Crippen LogP contribution is -2.28. The molecule has 0 aliphatic rings. The van der Waals surface area contributed by atoms with Crippen molar-refractivity contribution in [2.75, 3.05) is 6.61 Å². The molecule has 0 fully saturated rings. The second-order valence-electron chi connectivity index (χ2n) is 4.80. The summed E-state index contributed by atoms with van der Waals surface area (Å²) in [5.74, 6) is -1.92. The first-order valence-electron chi connectivity index (χ1n) is 6.84. The average Bonchev–Trinajstić information content (AvgIpc) is 3.02. The number of benzene rings is 1. The molecule has 0 atom stereocenters. The Balaban J connectivity index is 1.80. The molecule has 0 saturated heterocycles. The van der Waals surface area contributed by atoms with Crippen LogP contribution in [0.3, 0.4) is 0 Å². The van der Waals surface area contributed by atoms with E-state index in [0.29, 0.717) is 11.1 Å². The summed E-state index contributed by atoms with van der Waals surface area (Å²) >= 11 is 0. The van der Waals surface area contributed by atoms with Gasteiger partial charge >= 0.3 is 5.97 Å². The number of ether oxygens (including phenoxy) is 1. The fourth-order valence-electron chi connectivity index (χ4n) is 1.81. The first kappa shape index (κ1) is 16.4. The minimum absolute atomic E-state index is 0.0000435. The van der Waals surface area contributed by atoms with Gasteiger partial charge in [0, 0.05) is 23.9 Å². The Bertz CT molecular complexity index is 739. The summed E-state index contributed by atoms with van der Waals surface area (Å²) in [6.07, 6.45) is 1.39. The number of rotatable bonds is 6. The molecule has 7 heteroatoms.